The molecule has 1 saturated heterocycles. The van der Waals surface area contributed by atoms with E-state index in [0.29, 0.717) is 0 Å². The number of nitrogens with one attached hydrogen (secondary N) is 1. The monoisotopic (exact) mass is 250 g/mol. The quantitative estimate of drug-likeness (QED) is 0.864. The van der Waals surface area contributed by atoms with E-state index in [4.69, 9.17) is 0 Å². The highest BCUT2D eigenvalue weighted by atomic mass is 32.1. The van der Waals surface area contributed by atoms with Gasteiger partial charge in [-0.1, -0.05) is 13.3 Å². The maximum atomic E-state index is 3.58. The molecule has 2 aliphatic rings. The lowest BCUT2D eigenvalue weighted by molar-refractivity contribution is 0.151. The second kappa shape index (κ2) is 5.09. The van der Waals surface area contributed by atoms with E-state index in [-0.39, 0.29) is 0 Å². The van der Waals surface area contributed by atoms with Crippen molar-refractivity contribution in [1.29, 1.82) is 0 Å². The van der Waals surface area contributed by atoms with Crippen LogP contribution in [0.5, 0.6) is 0 Å². The molecule has 94 valence electrons. The highest BCUT2D eigenvalue weighted by Crippen LogP contribution is 2.34. The Morgan fingerprint density at radius 3 is 2.94 bits per heavy atom. The summed E-state index contributed by atoms with van der Waals surface area (Å²) in [5, 5.41) is 8.08. The van der Waals surface area contributed by atoms with Crippen LogP contribution in [0.2, 0.25) is 0 Å². The fourth-order valence-corrected chi connectivity index (χ4v) is 3.70. The Morgan fingerprint density at radius 1 is 1.41 bits per heavy atom. The molecule has 2 fully saturated rings. The molecule has 1 N–H and O–H groups in total. The Balaban J connectivity index is 1.71. The number of thiophene rings is 1. The van der Waals surface area contributed by atoms with Crippen molar-refractivity contribution in [2.45, 2.75) is 44.8 Å². The molecule has 2 nitrogen and oxygen atoms in total. The molecule has 1 aromatic heterocycles. The first-order valence-electron chi connectivity index (χ1n) is 6.86. The van der Waals surface area contributed by atoms with Crippen molar-refractivity contribution >= 4 is 11.3 Å². The van der Waals surface area contributed by atoms with Crippen LogP contribution in [-0.4, -0.2) is 30.1 Å². The molecule has 17 heavy (non-hydrogen) atoms. The van der Waals surface area contributed by atoms with Crippen LogP contribution in [0, 0.1) is 5.92 Å². The van der Waals surface area contributed by atoms with Gasteiger partial charge >= 0.3 is 0 Å². The Kier molecular flexibility index (Phi) is 3.50. The van der Waals surface area contributed by atoms with Crippen molar-refractivity contribution in [3.05, 3.63) is 22.4 Å². The first kappa shape index (κ1) is 11.7. The average molecular weight is 250 g/mol. The van der Waals surface area contributed by atoms with Gasteiger partial charge in [-0.2, -0.15) is 11.3 Å². The van der Waals surface area contributed by atoms with E-state index in [0.717, 1.165) is 24.5 Å². The van der Waals surface area contributed by atoms with Crippen LogP contribution >= 0.6 is 11.3 Å². The minimum Gasteiger partial charge on any atom is -0.315 e. The Morgan fingerprint density at radius 2 is 2.29 bits per heavy atom. The summed E-state index contributed by atoms with van der Waals surface area (Å²) in [6, 6.07) is 3.92. The summed E-state index contributed by atoms with van der Waals surface area (Å²) in [6.45, 7) is 5.91. The molecule has 1 aliphatic heterocycles. The van der Waals surface area contributed by atoms with E-state index in [1.54, 1.807) is 0 Å². The van der Waals surface area contributed by atoms with Gasteiger partial charge in [-0.25, -0.2) is 0 Å². The topological polar surface area (TPSA) is 15.3 Å². The molecule has 3 heteroatoms. The predicted molar refractivity (Wildman–Crippen MR) is 73.3 cm³/mol. The summed E-state index contributed by atoms with van der Waals surface area (Å²) in [5.41, 5.74) is 1.50. The van der Waals surface area contributed by atoms with Crippen molar-refractivity contribution in [3.63, 3.8) is 0 Å². The summed E-state index contributed by atoms with van der Waals surface area (Å²) in [5.74, 6) is 0.856. The standard InChI is InChI=1S/C14H22N2S/c1-2-12-7-15-8-14(12)16(13-3-4-13)9-11-5-6-17-10-11/h5-6,10,12-15H,2-4,7-9H2,1H3. The molecule has 3 rings (SSSR count). The summed E-state index contributed by atoms with van der Waals surface area (Å²) in [6.07, 6.45) is 4.14. The smallest absolute Gasteiger partial charge is 0.0267 e. The zero-order valence-corrected chi connectivity index (χ0v) is 11.4. The minimum absolute atomic E-state index is 0.771. The van der Waals surface area contributed by atoms with Gasteiger partial charge in [-0.15, -0.1) is 0 Å². The summed E-state index contributed by atoms with van der Waals surface area (Å²) in [7, 11) is 0. The maximum Gasteiger partial charge on any atom is 0.0267 e. The largest absolute Gasteiger partial charge is 0.315 e. The lowest BCUT2D eigenvalue weighted by Crippen LogP contribution is -2.41. The van der Waals surface area contributed by atoms with Gasteiger partial charge in [0.15, 0.2) is 0 Å². The zero-order chi connectivity index (χ0) is 11.7. The molecule has 0 spiro atoms. The molecule has 0 amide bonds. The number of hydrogen-bond donors (Lipinski definition) is 1. The van der Waals surface area contributed by atoms with Gasteiger partial charge in [0.2, 0.25) is 0 Å². The summed E-state index contributed by atoms with van der Waals surface area (Å²) in [4.78, 5) is 2.77. The molecule has 1 aliphatic carbocycles. The molecule has 2 heterocycles. The van der Waals surface area contributed by atoms with Crippen molar-refractivity contribution in [2.24, 2.45) is 5.92 Å². The SMILES string of the molecule is CCC1CNCC1N(Cc1ccsc1)C1CC1. The fraction of sp³-hybridized carbons (Fsp3) is 0.714. The Hall–Kier alpha value is -0.380. The zero-order valence-electron chi connectivity index (χ0n) is 10.6. The Bertz CT molecular complexity index is 345. The number of rotatable bonds is 5. The van der Waals surface area contributed by atoms with Crippen molar-refractivity contribution < 1.29 is 0 Å². The Labute approximate surface area is 108 Å². The predicted octanol–water partition coefficient (Wildman–Crippen LogP) is 2.71. The molecular formula is C14H22N2S. The molecule has 0 bridgehead atoms. The van der Waals surface area contributed by atoms with Crippen molar-refractivity contribution in [3.8, 4) is 0 Å². The molecule has 0 aromatic carbocycles. The maximum absolute atomic E-state index is 3.58. The van der Waals surface area contributed by atoms with Crippen LogP contribution in [0.3, 0.4) is 0 Å². The molecular weight excluding hydrogens is 228 g/mol. The van der Waals surface area contributed by atoms with E-state index in [2.05, 4.69) is 34.0 Å². The van der Waals surface area contributed by atoms with Gasteiger partial charge in [0.25, 0.3) is 0 Å². The van der Waals surface area contributed by atoms with E-state index >= 15 is 0 Å². The number of nitrogens with zero attached hydrogens (tertiary/aromatic N) is 1. The van der Waals surface area contributed by atoms with Crippen LogP contribution in [-0.2, 0) is 6.54 Å². The van der Waals surface area contributed by atoms with Crippen LogP contribution < -0.4 is 5.32 Å². The van der Waals surface area contributed by atoms with E-state index in [1.807, 2.05) is 11.3 Å². The fourth-order valence-electron chi connectivity index (χ4n) is 3.04. The molecule has 1 saturated carbocycles. The van der Waals surface area contributed by atoms with Gasteiger partial charge in [0.1, 0.15) is 0 Å². The van der Waals surface area contributed by atoms with Crippen LogP contribution in [0.1, 0.15) is 31.7 Å². The lowest BCUT2D eigenvalue weighted by atomic mass is 9.98. The highest BCUT2D eigenvalue weighted by molar-refractivity contribution is 7.07. The van der Waals surface area contributed by atoms with Crippen molar-refractivity contribution in [2.75, 3.05) is 13.1 Å². The van der Waals surface area contributed by atoms with E-state index in [9.17, 15) is 0 Å². The normalized spacial score (nSPS) is 29.1. The number of hydrogen-bond acceptors (Lipinski definition) is 3. The highest BCUT2D eigenvalue weighted by Gasteiger charge is 2.38. The molecule has 1 aromatic rings. The van der Waals surface area contributed by atoms with Gasteiger partial charge in [-0.3, -0.25) is 4.90 Å². The molecule has 2 unspecified atom stereocenters. The summed E-state index contributed by atoms with van der Waals surface area (Å²) < 4.78 is 0. The van der Waals surface area contributed by atoms with Gasteiger partial charge in [0, 0.05) is 25.2 Å². The molecule has 0 radical (unpaired) electrons. The van der Waals surface area contributed by atoms with Crippen molar-refractivity contribution in [1.82, 2.24) is 10.2 Å². The molecule has 2 atom stereocenters. The second-order valence-electron chi connectivity index (χ2n) is 5.43. The van der Waals surface area contributed by atoms with Gasteiger partial charge in [-0.05, 0) is 47.7 Å². The lowest BCUT2D eigenvalue weighted by Gasteiger charge is -2.32. The van der Waals surface area contributed by atoms with Crippen LogP contribution in [0.4, 0.5) is 0 Å². The van der Waals surface area contributed by atoms with E-state index in [1.165, 1.54) is 37.9 Å². The third-order valence-corrected chi connectivity index (χ3v) is 4.95. The van der Waals surface area contributed by atoms with E-state index < -0.39 is 0 Å². The van der Waals surface area contributed by atoms with Gasteiger partial charge < -0.3 is 5.32 Å². The second-order valence-corrected chi connectivity index (χ2v) is 6.21. The first-order chi connectivity index (χ1) is 8.38. The third-order valence-electron chi connectivity index (χ3n) is 4.22. The average Bonchev–Trinajstić information content (AvgIpc) is 2.89. The summed E-state index contributed by atoms with van der Waals surface area (Å²) >= 11 is 1.82. The third kappa shape index (κ3) is 2.56. The van der Waals surface area contributed by atoms with Gasteiger partial charge in [0.05, 0.1) is 0 Å². The van der Waals surface area contributed by atoms with Crippen LogP contribution in [0.15, 0.2) is 16.8 Å². The van der Waals surface area contributed by atoms with Crippen LogP contribution in [0.25, 0.3) is 0 Å². The first-order valence-corrected chi connectivity index (χ1v) is 7.80. The minimum atomic E-state index is 0.771.